The van der Waals surface area contributed by atoms with Gasteiger partial charge in [0.2, 0.25) is 0 Å². The molecule has 8 aromatic rings. The molecule has 0 radical (unpaired) electrons. The van der Waals surface area contributed by atoms with Gasteiger partial charge in [0.25, 0.3) is 0 Å². The molecule has 0 unspecified atom stereocenters. The highest BCUT2D eigenvalue weighted by Gasteiger charge is 2.20. The molecule has 8 rings (SSSR count). The Kier molecular flexibility index (Phi) is 5.32. The molecule has 0 saturated heterocycles. The highest BCUT2D eigenvalue weighted by molar-refractivity contribution is 7.26. The topological polar surface area (TPSA) is 12.9 Å². The average molecular weight is 544 g/mol. The molecule has 6 aromatic carbocycles. The van der Waals surface area contributed by atoms with Crippen LogP contribution in [-0.2, 0) is 5.41 Å². The summed E-state index contributed by atoms with van der Waals surface area (Å²) in [7, 11) is 0. The van der Waals surface area contributed by atoms with Crippen LogP contribution in [0.5, 0.6) is 0 Å². The standard InChI is InChI=1S/C39H29NS/c1-39(2,3)34-20-10-19-33-32-18-9-17-26(37(32)41-38(33)34)24-11-8-12-25(23-24)35-22-21-31-29-15-5-4-13-27(29)28-14-6-7-16-30(28)36(31)40-35/h4-23H,1-3H3. The monoisotopic (exact) mass is 543 g/mol. The molecule has 0 aliphatic carbocycles. The van der Waals surface area contributed by atoms with Gasteiger partial charge in [-0.25, -0.2) is 4.98 Å². The smallest absolute Gasteiger partial charge is 0.0794 e. The van der Waals surface area contributed by atoms with Crippen LogP contribution in [0, 0.1) is 0 Å². The van der Waals surface area contributed by atoms with Crippen LogP contribution in [0.15, 0.2) is 121 Å². The number of fused-ring (bicyclic) bond motifs is 9. The minimum Gasteiger partial charge on any atom is -0.247 e. The molecule has 2 heterocycles. The molecule has 0 spiro atoms. The molecule has 2 heteroatoms. The molecule has 0 aliphatic rings. The summed E-state index contributed by atoms with van der Waals surface area (Å²) in [5.74, 6) is 0. The lowest BCUT2D eigenvalue weighted by molar-refractivity contribution is 0.597. The minimum absolute atomic E-state index is 0.0950. The van der Waals surface area contributed by atoms with E-state index in [0.717, 1.165) is 16.8 Å². The van der Waals surface area contributed by atoms with Crippen molar-refractivity contribution in [2.75, 3.05) is 0 Å². The fraction of sp³-hybridized carbons (Fsp3) is 0.103. The maximum absolute atomic E-state index is 5.30. The lowest BCUT2D eigenvalue weighted by Gasteiger charge is -2.19. The Labute approximate surface area is 243 Å². The Hall–Kier alpha value is -4.53. The Morgan fingerprint density at radius 2 is 1.05 bits per heavy atom. The molecule has 41 heavy (non-hydrogen) atoms. The number of thiophene rings is 1. The molecule has 1 nitrogen and oxygen atoms in total. The normalized spacial score (nSPS) is 12.3. The van der Waals surface area contributed by atoms with E-state index in [9.17, 15) is 0 Å². The molecule has 0 aliphatic heterocycles. The van der Waals surface area contributed by atoms with E-state index in [1.54, 1.807) is 0 Å². The van der Waals surface area contributed by atoms with Crippen molar-refractivity contribution in [3.05, 3.63) is 127 Å². The summed E-state index contributed by atoms with van der Waals surface area (Å²) in [5.41, 5.74) is 7.20. The van der Waals surface area contributed by atoms with Gasteiger partial charge in [-0.15, -0.1) is 11.3 Å². The van der Waals surface area contributed by atoms with E-state index < -0.39 is 0 Å². The summed E-state index contributed by atoms with van der Waals surface area (Å²) in [5, 5.41) is 8.86. The van der Waals surface area contributed by atoms with Gasteiger partial charge in [0.1, 0.15) is 0 Å². The van der Waals surface area contributed by atoms with Crippen molar-refractivity contribution in [2.45, 2.75) is 26.2 Å². The predicted octanol–water partition coefficient (Wildman–Crippen LogP) is 11.5. The third kappa shape index (κ3) is 3.78. The Bertz CT molecular complexity index is 2260. The van der Waals surface area contributed by atoms with Crippen LogP contribution in [0.1, 0.15) is 26.3 Å². The van der Waals surface area contributed by atoms with E-state index in [4.69, 9.17) is 4.98 Å². The van der Waals surface area contributed by atoms with E-state index in [2.05, 4.69) is 142 Å². The summed E-state index contributed by atoms with van der Waals surface area (Å²) >= 11 is 1.93. The average Bonchev–Trinajstić information content (AvgIpc) is 3.39. The number of aromatic nitrogens is 1. The summed E-state index contributed by atoms with van der Waals surface area (Å²) in [6, 6.07) is 44.1. The zero-order valence-corrected chi connectivity index (χ0v) is 24.2. The minimum atomic E-state index is 0.0950. The van der Waals surface area contributed by atoms with Crippen LogP contribution < -0.4 is 0 Å². The molecule has 0 N–H and O–H groups in total. The SMILES string of the molecule is CC(C)(C)c1cccc2c1sc1c(-c3cccc(-c4ccc5c6ccccc6c6ccccc6c5n4)c3)cccc12. The largest absolute Gasteiger partial charge is 0.247 e. The summed E-state index contributed by atoms with van der Waals surface area (Å²) < 4.78 is 2.74. The molecule has 0 fully saturated rings. The second-order valence-corrected chi connectivity index (χ2v) is 13.0. The highest BCUT2D eigenvalue weighted by Crippen LogP contribution is 2.44. The van der Waals surface area contributed by atoms with Gasteiger partial charge in [-0.05, 0) is 56.5 Å². The molecule has 0 bridgehead atoms. The molecular formula is C39H29NS. The van der Waals surface area contributed by atoms with Gasteiger partial charge in [-0.2, -0.15) is 0 Å². The van der Waals surface area contributed by atoms with Gasteiger partial charge in [-0.1, -0.05) is 124 Å². The number of pyridine rings is 1. The first-order valence-corrected chi connectivity index (χ1v) is 15.0. The second-order valence-electron chi connectivity index (χ2n) is 12.0. The van der Waals surface area contributed by atoms with Gasteiger partial charge < -0.3 is 0 Å². The zero-order chi connectivity index (χ0) is 27.7. The van der Waals surface area contributed by atoms with Gasteiger partial charge in [0.05, 0.1) is 11.2 Å². The third-order valence-corrected chi connectivity index (χ3v) is 9.67. The van der Waals surface area contributed by atoms with Gasteiger partial charge in [-0.3, -0.25) is 0 Å². The van der Waals surface area contributed by atoms with Crippen molar-refractivity contribution < 1.29 is 0 Å². The van der Waals surface area contributed by atoms with Gasteiger partial charge in [0, 0.05) is 36.5 Å². The number of benzene rings is 6. The number of nitrogens with zero attached hydrogens (tertiary/aromatic N) is 1. The maximum atomic E-state index is 5.30. The number of hydrogen-bond donors (Lipinski definition) is 0. The molecule has 0 saturated carbocycles. The Balaban J connectivity index is 1.32. The van der Waals surface area contributed by atoms with Crippen LogP contribution in [0.4, 0.5) is 0 Å². The highest BCUT2D eigenvalue weighted by atomic mass is 32.1. The van der Waals surface area contributed by atoms with Crippen LogP contribution in [0.2, 0.25) is 0 Å². The van der Waals surface area contributed by atoms with Crippen LogP contribution in [0.25, 0.3) is 75.0 Å². The summed E-state index contributed by atoms with van der Waals surface area (Å²) in [6.07, 6.45) is 0. The van der Waals surface area contributed by atoms with Crippen molar-refractivity contribution in [1.29, 1.82) is 0 Å². The third-order valence-electron chi connectivity index (χ3n) is 8.39. The zero-order valence-electron chi connectivity index (χ0n) is 23.4. The van der Waals surface area contributed by atoms with Crippen molar-refractivity contribution >= 4 is 64.0 Å². The van der Waals surface area contributed by atoms with Crippen molar-refractivity contribution in [1.82, 2.24) is 4.98 Å². The number of hydrogen-bond acceptors (Lipinski definition) is 2. The quantitative estimate of drug-likeness (QED) is 0.198. The first-order valence-electron chi connectivity index (χ1n) is 14.2. The molecule has 196 valence electrons. The Morgan fingerprint density at radius 3 is 1.78 bits per heavy atom. The van der Waals surface area contributed by atoms with E-state index in [-0.39, 0.29) is 5.41 Å². The Morgan fingerprint density at radius 1 is 0.488 bits per heavy atom. The molecule has 2 aromatic heterocycles. The van der Waals surface area contributed by atoms with E-state index in [1.807, 2.05) is 11.3 Å². The first kappa shape index (κ1) is 24.3. The summed E-state index contributed by atoms with van der Waals surface area (Å²) in [4.78, 5) is 5.30. The van der Waals surface area contributed by atoms with Gasteiger partial charge in [0.15, 0.2) is 0 Å². The maximum Gasteiger partial charge on any atom is 0.0794 e. The van der Waals surface area contributed by atoms with Gasteiger partial charge >= 0.3 is 0 Å². The molecule has 0 amide bonds. The number of rotatable bonds is 2. The first-order chi connectivity index (χ1) is 20.0. The van der Waals surface area contributed by atoms with Crippen LogP contribution in [-0.4, -0.2) is 4.98 Å². The fourth-order valence-electron chi connectivity index (χ4n) is 6.40. The lowest BCUT2D eigenvalue weighted by atomic mass is 9.86. The predicted molar refractivity (Wildman–Crippen MR) is 179 cm³/mol. The van der Waals surface area contributed by atoms with Crippen molar-refractivity contribution in [2.24, 2.45) is 0 Å². The lowest BCUT2D eigenvalue weighted by Crippen LogP contribution is -2.10. The molecular weight excluding hydrogens is 515 g/mol. The van der Waals surface area contributed by atoms with E-state index in [1.165, 1.54) is 63.8 Å². The van der Waals surface area contributed by atoms with E-state index in [0.29, 0.717) is 0 Å². The second kappa shape index (κ2) is 8.99. The van der Waals surface area contributed by atoms with Crippen LogP contribution >= 0.6 is 11.3 Å². The van der Waals surface area contributed by atoms with E-state index >= 15 is 0 Å². The molecule has 0 atom stereocenters. The van der Waals surface area contributed by atoms with Crippen molar-refractivity contribution in [3.8, 4) is 22.4 Å². The fourth-order valence-corrected chi connectivity index (χ4v) is 7.96. The van der Waals surface area contributed by atoms with Crippen LogP contribution in [0.3, 0.4) is 0 Å². The summed E-state index contributed by atoms with van der Waals surface area (Å²) in [6.45, 7) is 6.91. The van der Waals surface area contributed by atoms with Crippen molar-refractivity contribution in [3.63, 3.8) is 0 Å².